The van der Waals surface area contributed by atoms with E-state index in [2.05, 4.69) is 5.10 Å². The van der Waals surface area contributed by atoms with Gasteiger partial charge in [-0.2, -0.15) is 5.10 Å². The lowest BCUT2D eigenvalue weighted by atomic mass is 9.99. The number of likely N-dealkylation sites (tertiary alicyclic amines) is 1. The lowest BCUT2D eigenvalue weighted by Crippen LogP contribution is -2.30. The molecule has 1 amide bonds. The SMILES string of the molecule is C[C@@H]1CN(C(=O)c2ccccc2Oc2cnn(C)c2)C[C@H]1C(=O)O. The summed E-state index contributed by atoms with van der Waals surface area (Å²) in [4.78, 5) is 25.6. The molecular formula is C17H19N3O4. The lowest BCUT2D eigenvalue weighted by molar-refractivity contribution is -0.142. The summed E-state index contributed by atoms with van der Waals surface area (Å²) in [6.45, 7) is 2.50. The zero-order chi connectivity index (χ0) is 17.3. The number of ether oxygens (including phenoxy) is 1. The highest BCUT2D eigenvalue weighted by Crippen LogP contribution is 2.29. The molecule has 1 N–H and O–H groups in total. The van der Waals surface area contributed by atoms with E-state index in [4.69, 9.17) is 4.74 Å². The highest BCUT2D eigenvalue weighted by Gasteiger charge is 2.37. The Morgan fingerprint density at radius 3 is 2.67 bits per heavy atom. The maximum absolute atomic E-state index is 12.8. The minimum absolute atomic E-state index is 0.0714. The molecule has 1 aromatic carbocycles. The van der Waals surface area contributed by atoms with E-state index in [9.17, 15) is 14.7 Å². The van der Waals surface area contributed by atoms with E-state index < -0.39 is 11.9 Å². The Morgan fingerprint density at radius 1 is 1.29 bits per heavy atom. The fourth-order valence-corrected chi connectivity index (χ4v) is 2.94. The fourth-order valence-electron chi connectivity index (χ4n) is 2.94. The minimum Gasteiger partial charge on any atom is -0.481 e. The number of carboxylic acids is 1. The van der Waals surface area contributed by atoms with Gasteiger partial charge in [0.1, 0.15) is 5.75 Å². The van der Waals surface area contributed by atoms with Crippen LogP contribution in [0.5, 0.6) is 11.5 Å². The van der Waals surface area contributed by atoms with Gasteiger partial charge in [-0.1, -0.05) is 19.1 Å². The van der Waals surface area contributed by atoms with Crippen LogP contribution in [0.1, 0.15) is 17.3 Å². The van der Waals surface area contributed by atoms with Crippen molar-refractivity contribution >= 4 is 11.9 Å². The standard InChI is InChI=1S/C17H19N3O4/c1-11-8-20(10-14(11)17(22)23)16(21)13-5-3-4-6-15(13)24-12-7-18-19(2)9-12/h3-7,9,11,14H,8,10H2,1-2H3,(H,22,23)/t11-,14-/m1/s1. The number of carboxylic acid groups (broad SMARTS) is 1. The summed E-state index contributed by atoms with van der Waals surface area (Å²) in [7, 11) is 1.78. The van der Waals surface area contributed by atoms with E-state index >= 15 is 0 Å². The van der Waals surface area contributed by atoms with Gasteiger partial charge in [0.15, 0.2) is 5.75 Å². The second kappa shape index (κ2) is 6.35. The third kappa shape index (κ3) is 3.10. The summed E-state index contributed by atoms with van der Waals surface area (Å²) in [6.07, 6.45) is 3.28. The molecule has 1 fully saturated rings. The Bertz CT molecular complexity index is 771. The van der Waals surface area contributed by atoms with Crippen molar-refractivity contribution in [3.63, 3.8) is 0 Å². The van der Waals surface area contributed by atoms with Crippen molar-refractivity contribution in [2.45, 2.75) is 6.92 Å². The molecule has 0 unspecified atom stereocenters. The second-order valence-electron chi connectivity index (χ2n) is 6.08. The number of rotatable bonds is 4. The second-order valence-corrected chi connectivity index (χ2v) is 6.08. The Kier molecular flexibility index (Phi) is 4.24. The monoisotopic (exact) mass is 329 g/mol. The number of nitrogens with zero attached hydrogens (tertiary/aromatic N) is 3. The third-order valence-electron chi connectivity index (χ3n) is 4.24. The molecule has 3 rings (SSSR count). The first-order chi connectivity index (χ1) is 11.5. The molecule has 0 bridgehead atoms. The Balaban J connectivity index is 1.82. The molecule has 7 heteroatoms. The van der Waals surface area contributed by atoms with Crippen molar-refractivity contribution < 1.29 is 19.4 Å². The highest BCUT2D eigenvalue weighted by molar-refractivity contribution is 5.97. The van der Waals surface area contributed by atoms with Gasteiger partial charge in [-0.15, -0.1) is 0 Å². The zero-order valence-electron chi connectivity index (χ0n) is 13.5. The lowest BCUT2D eigenvalue weighted by Gasteiger charge is -2.18. The normalized spacial score (nSPS) is 20.2. The van der Waals surface area contributed by atoms with Gasteiger partial charge in [-0.3, -0.25) is 14.3 Å². The Morgan fingerprint density at radius 2 is 2.04 bits per heavy atom. The van der Waals surface area contributed by atoms with E-state index in [0.717, 1.165) is 0 Å². The fraction of sp³-hybridized carbons (Fsp3) is 0.353. The molecule has 24 heavy (non-hydrogen) atoms. The molecule has 0 spiro atoms. The topological polar surface area (TPSA) is 84.7 Å². The Labute approximate surface area is 139 Å². The van der Waals surface area contributed by atoms with Crippen LogP contribution in [0.25, 0.3) is 0 Å². The minimum atomic E-state index is -0.863. The van der Waals surface area contributed by atoms with Gasteiger partial charge in [-0.25, -0.2) is 0 Å². The highest BCUT2D eigenvalue weighted by atomic mass is 16.5. The quantitative estimate of drug-likeness (QED) is 0.927. The molecule has 0 saturated carbocycles. The third-order valence-corrected chi connectivity index (χ3v) is 4.24. The average Bonchev–Trinajstić information content (AvgIpc) is 3.13. The van der Waals surface area contributed by atoms with Crippen molar-refractivity contribution in [2.24, 2.45) is 18.9 Å². The molecule has 1 aliphatic heterocycles. The number of hydrogen-bond donors (Lipinski definition) is 1. The maximum atomic E-state index is 12.8. The predicted molar refractivity (Wildman–Crippen MR) is 85.9 cm³/mol. The first-order valence-electron chi connectivity index (χ1n) is 7.73. The van der Waals surface area contributed by atoms with Crippen LogP contribution in [-0.2, 0) is 11.8 Å². The van der Waals surface area contributed by atoms with Crippen LogP contribution in [0, 0.1) is 11.8 Å². The number of amides is 1. The van der Waals surface area contributed by atoms with E-state index in [1.807, 2.05) is 6.92 Å². The molecule has 1 aromatic heterocycles. The molecular weight excluding hydrogens is 310 g/mol. The van der Waals surface area contributed by atoms with Gasteiger partial charge >= 0.3 is 5.97 Å². The summed E-state index contributed by atoms with van der Waals surface area (Å²) < 4.78 is 7.38. The molecule has 0 radical (unpaired) electrons. The van der Waals surface area contributed by atoms with E-state index in [1.54, 1.807) is 53.3 Å². The molecule has 2 aromatic rings. The van der Waals surface area contributed by atoms with Crippen LogP contribution in [0.3, 0.4) is 0 Å². The zero-order valence-corrected chi connectivity index (χ0v) is 13.5. The van der Waals surface area contributed by atoms with Crippen LogP contribution in [-0.4, -0.2) is 44.8 Å². The summed E-state index contributed by atoms with van der Waals surface area (Å²) in [5.74, 6) is -0.709. The van der Waals surface area contributed by atoms with Crippen LogP contribution in [0.15, 0.2) is 36.7 Å². The van der Waals surface area contributed by atoms with Crippen molar-refractivity contribution in [3.8, 4) is 11.5 Å². The number of aromatic nitrogens is 2. The predicted octanol–water partition coefficient (Wildman–Crippen LogP) is 2.01. The molecule has 2 heterocycles. The Hall–Kier alpha value is -2.83. The largest absolute Gasteiger partial charge is 0.481 e. The van der Waals surface area contributed by atoms with Crippen LogP contribution in [0.2, 0.25) is 0 Å². The van der Waals surface area contributed by atoms with Gasteiger partial charge in [0.05, 0.1) is 23.9 Å². The van der Waals surface area contributed by atoms with Gasteiger partial charge in [0.2, 0.25) is 0 Å². The molecule has 0 aliphatic carbocycles. The number of aliphatic carboxylic acids is 1. The van der Waals surface area contributed by atoms with Gasteiger partial charge in [0, 0.05) is 20.1 Å². The average molecular weight is 329 g/mol. The van der Waals surface area contributed by atoms with Crippen molar-refractivity contribution in [1.29, 1.82) is 0 Å². The van der Waals surface area contributed by atoms with E-state index in [0.29, 0.717) is 23.6 Å². The first-order valence-corrected chi connectivity index (χ1v) is 7.73. The van der Waals surface area contributed by atoms with Crippen LogP contribution < -0.4 is 4.74 Å². The first kappa shape index (κ1) is 16.0. The summed E-state index contributed by atoms with van der Waals surface area (Å²) in [5, 5.41) is 13.3. The van der Waals surface area contributed by atoms with Crippen molar-refractivity contribution in [2.75, 3.05) is 13.1 Å². The summed E-state index contributed by atoms with van der Waals surface area (Å²) in [5.41, 5.74) is 0.416. The summed E-state index contributed by atoms with van der Waals surface area (Å²) in [6, 6.07) is 6.95. The molecule has 1 aliphatic rings. The number of carbonyl (C=O) groups is 2. The van der Waals surface area contributed by atoms with E-state index in [-0.39, 0.29) is 18.4 Å². The van der Waals surface area contributed by atoms with Gasteiger partial charge in [-0.05, 0) is 18.1 Å². The molecule has 126 valence electrons. The van der Waals surface area contributed by atoms with E-state index in [1.165, 1.54) is 0 Å². The van der Waals surface area contributed by atoms with Gasteiger partial charge < -0.3 is 14.7 Å². The van der Waals surface area contributed by atoms with Crippen LogP contribution >= 0.6 is 0 Å². The molecule has 2 atom stereocenters. The van der Waals surface area contributed by atoms with Crippen molar-refractivity contribution in [3.05, 3.63) is 42.2 Å². The number of carbonyl (C=O) groups excluding carboxylic acids is 1. The number of aryl methyl sites for hydroxylation is 1. The number of benzene rings is 1. The van der Waals surface area contributed by atoms with Crippen LogP contribution in [0.4, 0.5) is 0 Å². The van der Waals surface area contributed by atoms with Gasteiger partial charge in [0.25, 0.3) is 5.91 Å². The number of para-hydroxylation sites is 1. The molecule has 1 saturated heterocycles. The summed E-state index contributed by atoms with van der Waals surface area (Å²) >= 11 is 0. The maximum Gasteiger partial charge on any atom is 0.308 e. The van der Waals surface area contributed by atoms with Crippen molar-refractivity contribution in [1.82, 2.24) is 14.7 Å². The smallest absolute Gasteiger partial charge is 0.308 e. The molecule has 7 nitrogen and oxygen atoms in total. The number of hydrogen-bond acceptors (Lipinski definition) is 4.